The van der Waals surface area contributed by atoms with Crippen LogP contribution in [0.15, 0.2) is 23.1 Å². The molecule has 0 spiro atoms. The highest BCUT2D eigenvalue weighted by Crippen LogP contribution is 2.38. The molecule has 2 heterocycles. The molecule has 0 saturated carbocycles. The zero-order valence-corrected chi connectivity index (χ0v) is 17.5. The van der Waals surface area contributed by atoms with Gasteiger partial charge in [-0.25, -0.2) is 12.7 Å². The molecule has 1 aromatic carbocycles. The molecular weight excluding hydrogens is 410 g/mol. The standard InChI is InChI=1S/C17H22ClN3O4S2/c1-20(27(2,24)25)12-5-7-21(8-6-12)16(22)10-15-17(23)19-13-9-11(18)3-4-14(13)26-15/h3-4,9,12,15H,5-8,10H2,1-2H3,(H,19,23). The number of hydrogen-bond donors (Lipinski definition) is 1. The molecule has 1 fully saturated rings. The van der Waals surface area contributed by atoms with Crippen LogP contribution < -0.4 is 5.32 Å². The lowest BCUT2D eigenvalue weighted by Crippen LogP contribution is -2.47. The Kier molecular flexibility index (Phi) is 6.05. The smallest absolute Gasteiger partial charge is 0.238 e. The van der Waals surface area contributed by atoms with E-state index in [1.165, 1.54) is 22.3 Å². The molecule has 27 heavy (non-hydrogen) atoms. The summed E-state index contributed by atoms with van der Waals surface area (Å²) in [5.74, 6) is -0.282. The summed E-state index contributed by atoms with van der Waals surface area (Å²) in [6, 6.07) is 5.20. The van der Waals surface area contributed by atoms with Gasteiger partial charge in [-0.3, -0.25) is 9.59 Å². The molecule has 1 unspecified atom stereocenters. The molecule has 2 aliphatic rings. The van der Waals surface area contributed by atoms with Crippen LogP contribution in [0.25, 0.3) is 0 Å². The summed E-state index contributed by atoms with van der Waals surface area (Å²) in [7, 11) is -1.66. The Hall–Kier alpha value is -1.29. The van der Waals surface area contributed by atoms with Crippen LogP contribution in [-0.4, -0.2) is 67.1 Å². The van der Waals surface area contributed by atoms with Gasteiger partial charge < -0.3 is 10.2 Å². The minimum Gasteiger partial charge on any atom is -0.343 e. The fraction of sp³-hybridized carbons (Fsp3) is 0.529. The van der Waals surface area contributed by atoms with Gasteiger partial charge >= 0.3 is 0 Å². The second-order valence-corrected chi connectivity index (χ2v) is 10.6. The number of rotatable bonds is 4. The van der Waals surface area contributed by atoms with Crippen molar-refractivity contribution in [1.82, 2.24) is 9.21 Å². The number of nitrogens with zero attached hydrogens (tertiary/aromatic N) is 2. The molecule has 148 valence electrons. The van der Waals surface area contributed by atoms with Crippen molar-refractivity contribution < 1.29 is 18.0 Å². The van der Waals surface area contributed by atoms with Crippen LogP contribution in [0.1, 0.15) is 19.3 Å². The third-order valence-corrected chi connectivity index (χ3v) is 7.83. The first kappa shape index (κ1) is 20.4. The molecule has 10 heteroatoms. The van der Waals surface area contributed by atoms with Gasteiger partial charge in [-0.05, 0) is 31.0 Å². The van der Waals surface area contributed by atoms with Crippen molar-refractivity contribution in [3.63, 3.8) is 0 Å². The summed E-state index contributed by atoms with van der Waals surface area (Å²) in [6.07, 6.45) is 2.50. The lowest BCUT2D eigenvalue weighted by Gasteiger charge is -2.36. The van der Waals surface area contributed by atoms with E-state index >= 15 is 0 Å². The highest BCUT2D eigenvalue weighted by molar-refractivity contribution is 8.01. The van der Waals surface area contributed by atoms with E-state index in [1.54, 1.807) is 24.1 Å². The van der Waals surface area contributed by atoms with Gasteiger partial charge in [0.2, 0.25) is 21.8 Å². The molecule has 3 rings (SSSR count). The molecule has 1 aromatic rings. The van der Waals surface area contributed by atoms with Crippen LogP contribution in [0.2, 0.25) is 5.02 Å². The summed E-state index contributed by atoms with van der Waals surface area (Å²) in [5.41, 5.74) is 0.672. The minimum atomic E-state index is -3.24. The molecular formula is C17H22ClN3O4S2. The van der Waals surface area contributed by atoms with Crippen molar-refractivity contribution in [1.29, 1.82) is 0 Å². The average molecular weight is 432 g/mol. The topological polar surface area (TPSA) is 86.8 Å². The van der Waals surface area contributed by atoms with Gasteiger partial charge in [0.25, 0.3) is 0 Å². The van der Waals surface area contributed by atoms with Crippen LogP contribution in [-0.2, 0) is 19.6 Å². The Morgan fingerprint density at radius 1 is 1.37 bits per heavy atom. The average Bonchev–Trinajstić information content (AvgIpc) is 2.61. The predicted octanol–water partition coefficient (Wildman–Crippen LogP) is 2.03. The van der Waals surface area contributed by atoms with Crippen LogP contribution in [0.3, 0.4) is 0 Å². The normalized spacial score (nSPS) is 21.1. The largest absolute Gasteiger partial charge is 0.343 e. The molecule has 0 bridgehead atoms. The Morgan fingerprint density at radius 3 is 2.67 bits per heavy atom. The lowest BCUT2D eigenvalue weighted by atomic mass is 10.0. The van der Waals surface area contributed by atoms with Crippen LogP contribution in [0.5, 0.6) is 0 Å². The second kappa shape index (κ2) is 7.98. The lowest BCUT2D eigenvalue weighted by molar-refractivity contribution is -0.133. The number of nitrogens with one attached hydrogen (secondary N) is 1. The fourth-order valence-corrected chi connectivity index (χ4v) is 5.30. The maximum Gasteiger partial charge on any atom is 0.238 e. The fourth-order valence-electron chi connectivity index (χ4n) is 3.29. The van der Waals surface area contributed by atoms with Gasteiger partial charge in [0.05, 0.1) is 17.2 Å². The number of sulfonamides is 1. The number of piperidine rings is 1. The minimum absolute atomic E-state index is 0.0828. The van der Waals surface area contributed by atoms with E-state index in [1.807, 2.05) is 6.07 Å². The number of halogens is 1. The molecule has 0 aliphatic carbocycles. The van der Waals surface area contributed by atoms with Crippen LogP contribution in [0, 0.1) is 0 Å². The molecule has 0 aromatic heterocycles. The highest BCUT2D eigenvalue weighted by atomic mass is 35.5. The number of likely N-dealkylation sites (tertiary alicyclic amines) is 1. The van der Waals surface area contributed by atoms with E-state index in [0.29, 0.717) is 36.6 Å². The van der Waals surface area contributed by atoms with Crippen LogP contribution in [0.4, 0.5) is 5.69 Å². The molecule has 1 N–H and O–H groups in total. The number of benzene rings is 1. The number of amides is 2. The molecule has 2 aliphatic heterocycles. The van der Waals surface area contributed by atoms with Gasteiger partial charge in [0, 0.05) is 42.5 Å². The van der Waals surface area contributed by atoms with Gasteiger partial charge in [0.15, 0.2) is 0 Å². The van der Waals surface area contributed by atoms with Crippen LogP contribution >= 0.6 is 23.4 Å². The first-order valence-corrected chi connectivity index (χ1v) is 11.7. The van der Waals surface area contributed by atoms with Crippen molar-refractivity contribution in [2.24, 2.45) is 0 Å². The maximum atomic E-state index is 12.6. The summed E-state index contributed by atoms with van der Waals surface area (Å²) in [6.45, 7) is 0.989. The summed E-state index contributed by atoms with van der Waals surface area (Å²) in [5, 5.41) is 2.87. The van der Waals surface area contributed by atoms with Crippen molar-refractivity contribution in [2.75, 3.05) is 31.7 Å². The third kappa shape index (κ3) is 4.77. The first-order chi connectivity index (χ1) is 12.6. The van der Waals surface area contributed by atoms with Gasteiger partial charge in [-0.2, -0.15) is 0 Å². The van der Waals surface area contributed by atoms with Gasteiger partial charge in [0.1, 0.15) is 0 Å². The van der Waals surface area contributed by atoms with E-state index in [9.17, 15) is 18.0 Å². The molecule has 1 saturated heterocycles. The number of anilines is 1. The Labute approximate surface area is 168 Å². The molecule has 0 radical (unpaired) electrons. The molecule has 2 amide bonds. The summed E-state index contributed by atoms with van der Waals surface area (Å²) >= 11 is 7.32. The number of thioether (sulfide) groups is 1. The van der Waals surface area contributed by atoms with Gasteiger partial charge in [-0.1, -0.05) is 11.6 Å². The zero-order valence-electron chi connectivity index (χ0n) is 15.1. The van der Waals surface area contributed by atoms with E-state index in [4.69, 9.17) is 11.6 Å². The summed E-state index contributed by atoms with van der Waals surface area (Å²) < 4.78 is 24.7. The Bertz CT molecular complexity index is 854. The number of carbonyl (C=O) groups is 2. The van der Waals surface area contributed by atoms with E-state index in [2.05, 4.69) is 5.32 Å². The molecule has 1 atom stereocenters. The highest BCUT2D eigenvalue weighted by Gasteiger charge is 2.33. The van der Waals surface area contributed by atoms with E-state index in [-0.39, 0.29) is 24.3 Å². The Morgan fingerprint density at radius 2 is 2.04 bits per heavy atom. The van der Waals surface area contributed by atoms with E-state index in [0.717, 1.165) is 4.90 Å². The maximum absolute atomic E-state index is 12.6. The predicted molar refractivity (Wildman–Crippen MR) is 107 cm³/mol. The Balaban J connectivity index is 1.57. The first-order valence-electron chi connectivity index (χ1n) is 8.63. The second-order valence-electron chi connectivity index (χ2n) is 6.83. The van der Waals surface area contributed by atoms with Gasteiger partial charge in [-0.15, -0.1) is 11.8 Å². The van der Waals surface area contributed by atoms with E-state index < -0.39 is 15.3 Å². The number of fused-ring (bicyclic) bond motifs is 1. The quantitative estimate of drug-likeness (QED) is 0.788. The zero-order chi connectivity index (χ0) is 19.8. The van der Waals surface area contributed by atoms with Crippen molar-refractivity contribution >= 4 is 50.9 Å². The third-order valence-electron chi connectivity index (χ3n) is 4.98. The molecule has 7 nitrogen and oxygen atoms in total. The van der Waals surface area contributed by atoms with Crippen molar-refractivity contribution in [2.45, 2.75) is 35.4 Å². The number of carbonyl (C=O) groups excluding carboxylic acids is 2. The number of hydrogen-bond acceptors (Lipinski definition) is 5. The summed E-state index contributed by atoms with van der Waals surface area (Å²) in [4.78, 5) is 27.6. The van der Waals surface area contributed by atoms with Crippen molar-refractivity contribution in [3.05, 3.63) is 23.2 Å². The SMILES string of the molecule is CN(C1CCN(C(=O)CC2Sc3ccc(Cl)cc3NC2=O)CC1)S(C)(=O)=O. The van der Waals surface area contributed by atoms with Crippen molar-refractivity contribution in [3.8, 4) is 0 Å². The monoisotopic (exact) mass is 431 g/mol.